The third-order valence-corrected chi connectivity index (χ3v) is 25.9. The lowest BCUT2D eigenvalue weighted by Gasteiger charge is -2.32. The third kappa shape index (κ3) is 15.3. The van der Waals surface area contributed by atoms with E-state index >= 15 is 0 Å². The molecule has 0 amide bonds. The van der Waals surface area contributed by atoms with Gasteiger partial charge in [-0.15, -0.1) is 0 Å². The minimum Gasteiger partial charge on any atom is -0.455 e. The molecule has 134 heavy (non-hydrogen) atoms. The van der Waals surface area contributed by atoms with Crippen molar-refractivity contribution in [2.24, 2.45) is 0 Å². The Morgan fingerprint density at radius 1 is 0.187 bits per heavy atom. The number of halogens is 1. The summed E-state index contributed by atoms with van der Waals surface area (Å²) in [5.74, 6) is 2.82. The largest absolute Gasteiger partial charge is 0.494 e. The summed E-state index contributed by atoms with van der Waals surface area (Å²) in [7, 11) is -0.399. The molecule has 0 spiro atoms. The molecular formula is C120H82BClN6O6. The SMILES string of the molecule is CC1(C)OB(c2cccc(-c3cccc4c3oc3c(-c5ccccc5)cccc34)c2)OC1(C)C.Clc1nc(-c2ccccc2)nc(-c2cccc(-c3cccc4c3oc3c(-c5ccccc5)cccc34)c2)n1.c1ccc(-c2nc(-c3cccc(-c4cccc5c4oc4c(-c6ccccc6)cccc45)c3)nc(-c3cccc(-c4cccc5c4oc4c(-c6ccccc6)cccc45)c3)n2)cc1. The van der Waals surface area contributed by atoms with Crippen LogP contribution in [0.15, 0.2) is 442 Å². The Bertz CT molecular complexity index is 8370. The first-order chi connectivity index (χ1) is 65.8. The Kier molecular flexibility index (Phi) is 21.0. The zero-order valence-corrected chi connectivity index (χ0v) is 74.3. The fraction of sp³-hybridized carbons (Fsp3) is 0.0500. The van der Waals surface area contributed by atoms with E-state index in [1.165, 1.54) is 0 Å². The summed E-state index contributed by atoms with van der Waals surface area (Å²) >= 11 is 6.32. The fourth-order valence-corrected chi connectivity index (χ4v) is 18.6. The minimum absolute atomic E-state index is 0.159. The summed E-state index contributed by atoms with van der Waals surface area (Å²) in [4.78, 5) is 28.9. The molecule has 12 nitrogen and oxygen atoms in total. The smallest absolute Gasteiger partial charge is 0.455 e. The van der Waals surface area contributed by atoms with E-state index in [9.17, 15) is 0 Å². The molecule has 0 radical (unpaired) electrons. The average Bonchev–Trinajstić information content (AvgIpc) is 1.61. The summed E-state index contributed by atoms with van der Waals surface area (Å²) in [6, 6.07) is 145. The molecule has 1 aliphatic rings. The van der Waals surface area contributed by atoms with Crippen LogP contribution in [0.5, 0.6) is 0 Å². The van der Waals surface area contributed by atoms with Crippen LogP contribution < -0.4 is 5.46 Å². The van der Waals surface area contributed by atoms with Crippen molar-refractivity contribution in [1.82, 2.24) is 29.9 Å². The topological polar surface area (TPSA) is 148 Å². The van der Waals surface area contributed by atoms with E-state index in [4.69, 9.17) is 58.5 Å². The Morgan fingerprint density at radius 3 is 0.634 bits per heavy atom. The second-order valence-electron chi connectivity index (χ2n) is 34.6. The summed E-state index contributed by atoms with van der Waals surface area (Å²) in [6.07, 6.45) is 0. The molecule has 1 saturated heterocycles. The van der Waals surface area contributed by atoms with E-state index in [-0.39, 0.29) is 16.5 Å². The van der Waals surface area contributed by atoms with Crippen molar-refractivity contribution in [2.45, 2.75) is 38.9 Å². The van der Waals surface area contributed by atoms with E-state index in [0.717, 1.165) is 210 Å². The van der Waals surface area contributed by atoms with Crippen molar-refractivity contribution in [1.29, 1.82) is 0 Å². The van der Waals surface area contributed by atoms with Gasteiger partial charge in [-0.25, -0.2) is 19.9 Å². The van der Waals surface area contributed by atoms with Crippen molar-refractivity contribution >= 4 is 112 Å². The minimum atomic E-state index is -0.399. The monoisotopic (exact) mass is 1750 g/mol. The average molecular weight is 1750 g/mol. The van der Waals surface area contributed by atoms with Crippen molar-refractivity contribution in [3.8, 4) is 146 Å². The number of hydrogen-bond donors (Lipinski definition) is 0. The van der Waals surface area contributed by atoms with Gasteiger partial charge >= 0.3 is 7.12 Å². The number of benzene rings is 18. The quantitative estimate of drug-likeness (QED) is 0.0954. The number of para-hydroxylation sites is 8. The van der Waals surface area contributed by atoms with E-state index in [1.54, 1.807) is 0 Å². The van der Waals surface area contributed by atoms with E-state index in [2.05, 4.69) is 353 Å². The molecule has 1 aliphatic heterocycles. The molecule has 0 bridgehead atoms. The van der Waals surface area contributed by atoms with Crippen LogP contribution in [0.1, 0.15) is 27.7 Å². The van der Waals surface area contributed by atoms with Gasteiger partial charge in [-0.3, -0.25) is 0 Å². The number of fused-ring (bicyclic) bond motifs is 12. The first-order valence-electron chi connectivity index (χ1n) is 44.9. The third-order valence-electron chi connectivity index (χ3n) is 25.8. The molecule has 0 atom stereocenters. The Morgan fingerprint density at radius 2 is 0.373 bits per heavy atom. The summed E-state index contributed by atoms with van der Waals surface area (Å²) < 4.78 is 39.4. The highest BCUT2D eigenvalue weighted by Gasteiger charge is 2.52. The molecule has 7 heterocycles. The van der Waals surface area contributed by atoms with Crippen molar-refractivity contribution in [3.05, 3.63) is 430 Å². The number of aromatic nitrogens is 6. The van der Waals surface area contributed by atoms with E-state index < -0.39 is 7.12 Å². The molecular weight excluding hydrogens is 1670 g/mol. The highest BCUT2D eigenvalue weighted by Crippen LogP contribution is 2.47. The number of hydrogen-bond acceptors (Lipinski definition) is 12. The van der Waals surface area contributed by atoms with Gasteiger partial charge in [0.1, 0.15) is 44.7 Å². The van der Waals surface area contributed by atoms with Gasteiger partial charge < -0.3 is 27.0 Å². The summed E-state index contributed by atoms with van der Waals surface area (Å²) in [6.45, 7) is 8.32. The Balaban J connectivity index is 0.000000121. The lowest BCUT2D eigenvalue weighted by atomic mass is 9.78. The van der Waals surface area contributed by atoms with Gasteiger partial charge in [0.15, 0.2) is 29.1 Å². The predicted molar refractivity (Wildman–Crippen MR) is 547 cm³/mol. The summed E-state index contributed by atoms with van der Waals surface area (Å²) in [5.41, 5.74) is 28.6. The van der Waals surface area contributed by atoms with Crippen LogP contribution in [-0.4, -0.2) is 48.2 Å². The maximum atomic E-state index is 6.79. The van der Waals surface area contributed by atoms with Crippen LogP contribution in [0.4, 0.5) is 0 Å². The van der Waals surface area contributed by atoms with Gasteiger partial charge in [0.05, 0.1) is 11.2 Å². The summed E-state index contributed by atoms with van der Waals surface area (Å²) in [5, 5.41) is 8.90. The molecule has 638 valence electrons. The second kappa shape index (κ2) is 34.4. The molecule has 14 heteroatoms. The van der Waals surface area contributed by atoms with Crippen molar-refractivity contribution in [3.63, 3.8) is 0 Å². The maximum Gasteiger partial charge on any atom is 0.494 e. The molecule has 6 aromatic heterocycles. The highest BCUT2D eigenvalue weighted by atomic mass is 35.5. The standard InChI is InChI=1S/C57H35N3O2.C33H20ClN3O.C30H27BO3/c1-4-16-36(17-5-1)43-26-12-30-47-49-32-14-28-45(53(49)61-51(43)47)39-22-10-24-41(34-39)56-58-55(38-20-8-3-9-21-38)59-57(60-56)42-25-11-23-40(35-42)46-29-15-33-50-48-31-13-27-44(52(48)62-54(46)50)37-18-6-2-7-19-37;34-33-36-31(22-12-5-2-6-13-22)35-32(37-33)24-15-7-14-23(20-24)26-17-9-19-28-27-18-8-16-25(29(27)38-30(26)28)21-10-3-1-4-11-21;1-29(2)30(3,4)34-31(33-29)22-14-8-13-21(19-22)24-16-10-18-26-25-17-9-15-23(27(25)32-28(24)26)20-11-6-5-7-12-20/h1-35H;1-20H;5-19H,1-4H3. The Hall–Kier alpha value is -16.5. The fourth-order valence-electron chi connectivity index (χ4n) is 18.4. The molecule has 0 saturated carbocycles. The Labute approximate surface area is 778 Å². The number of furan rings is 4. The van der Waals surface area contributed by atoms with E-state index in [0.29, 0.717) is 29.1 Å². The first kappa shape index (κ1) is 81.9. The first-order valence-corrected chi connectivity index (χ1v) is 45.3. The normalized spacial score (nSPS) is 12.9. The van der Waals surface area contributed by atoms with Gasteiger partial charge in [-0.1, -0.05) is 406 Å². The second-order valence-corrected chi connectivity index (χ2v) is 34.9. The molecule has 0 N–H and O–H groups in total. The van der Waals surface area contributed by atoms with E-state index in [1.807, 2.05) is 109 Å². The molecule has 1 fully saturated rings. The zero-order chi connectivity index (χ0) is 90.0. The van der Waals surface area contributed by atoms with Gasteiger partial charge in [0, 0.05) is 115 Å². The number of rotatable bonds is 14. The number of nitrogens with zero attached hydrogens (tertiary/aromatic N) is 6. The maximum absolute atomic E-state index is 6.79. The molecule has 0 aliphatic carbocycles. The predicted octanol–water partition coefficient (Wildman–Crippen LogP) is 31.7. The van der Waals surface area contributed by atoms with Crippen LogP contribution in [0, 0.1) is 0 Å². The van der Waals surface area contributed by atoms with Gasteiger partial charge in [-0.05, 0) is 107 Å². The van der Waals surface area contributed by atoms with Crippen LogP contribution in [0.2, 0.25) is 5.28 Å². The van der Waals surface area contributed by atoms with Crippen LogP contribution in [0.3, 0.4) is 0 Å². The van der Waals surface area contributed by atoms with Crippen molar-refractivity contribution < 1.29 is 27.0 Å². The zero-order valence-electron chi connectivity index (χ0n) is 73.5. The molecule has 0 unspecified atom stereocenters. The molecule has 18 aromatic carbocycles. The highest BCUT2D eigenvalue weighted by molar-refractivity contribution is 6.62. The van der Waals surface area contributed by atoms with Crippen LogP contribution in [0.25, 0.3) is 234 Å². The van der Waals surface area contributed by atoms with Crippen molar-refractivity contribution in [2.75, 3.05) is 0 Å². The lowest BCUT2D eigenvalue weighted by Crippen LogP contribution is -2.41. The van der Waals surface area contributed by atoms with Gasteiger partial charge in [0.2, 0.25) is 5.28 Å². The van der Waals surface area contributed by atoms with Crippen LogP contribution >= 0.6 is 11.6 Å². The van der Waals surface area contributed by atoms with Gasteiger partial charge in [0.25, 0.3) is 0 Å². The van der Waals surface area contributed by atoms with Crippen LogP contribution in [-0.2, 0) is 9.31 Å². The molecule has 24 aromatic rings. The lowest BCUT2D eigenvalue weighted by molar-refractivity contribution is 0.00578. The molecule has 25 rings (SSSR count). The van der Waals surface area contributed by atoms with Gasteiger partial charge in [-0.2, -0.15) is 9.97 Å².